The Labute approximate surface area is 187 Å². The van der Waals surface area contributed by atoms with Gasteiger partial charge in [0.2, 0.25) is 5.91 Å². The number of aliphatic hydroxyl groups is 4. The summed E-state index contributed by atoms with van der Waals surface area (Å²) >= 11 is 0. The molecule has 1 rings (SSSR count). The fourth-order valence-electron chi connectivity index (χ4n) is 3.81. The fraction of sp³-hybridized carbons (Fsp3) is 0.875. The molecular weight excluding hydrogens is 398 g/mol. The molecule has 1 saturated heterocycles. The molecule has 0 bridgehead atoms. The topological polar surface area (TPSA) is 119 Å². The van der Waals surface area contributed by atoms with E-state index in [1.807, 2.05) is 0 Å². The second-order valence-electron chi connectivity index (χ2n) is 8.65. The van der Waals surface area contributed by atoms with Crippen LogP contribution in [0.4, 0.5) is 0 Å². The third-order valence-electron chi connectivity index (χ3n) is 5.86. The molecule has 7 heteroatoms. The molecule has 1 fully saturated rings. The number of unbranched alkanes of at least 4 members (excludes halogenated alkanes) is 11. The maximum atomic E-state index is 12.1. The monoisotopic (exact) mass is 443 g/mol. The Morgan fingerprint density at radius 3 is 1.94 bits per heavy atom. The van der Waals surface area contributed by atoms with Crippen LogP contribution >= 0.6 is 0 Å². The lowest BCUT2D eigenvalue weighted by Gasteiger charge is -2.40. The molecule has 5 N–H and O–H groups in total. The molecule has 0 radical (unpaired) electrons. The molecule has 182 valence electrons. The van der Waals surface area contributed by atoms with Crippen LogP contribution in [0.3, 0.4) is 0 Å². The lowest BCUT2D eigenvalue weighted by atomic mass is 9.98. The van der Waals surface area contributed by atoms with Gasteiger partial charge in [-0.2, -0.15) is 0 Å². The number of hydrogen-bond acceptors (Lipinski definition) is 6. The van der Waals surface area contributed by atoms with Crippen molar-refractivity contribution < 1.29 is 30.0 Å². The van der Waals surface area contributed by atoms with Gasteiger partial charge in [-0.25, -0.2) is 0 Å². The van der Waals surface area contributed by atoms with Gasteiger partial charge in [-0.1, -0.05) is 70.4 Å². The molecular formula is C24H45NO6. The van der Waals surface area contributed by atoms with Crippen LogP contribution in [0.15, 0.2) is 12.2 Å². The molecule has 0 saturated carbocycles. The van der Waals surface area contributed by atoms with Crippen molar-refractivity contribution in [3.63, 3.8) is 0 Å². The van der Waals surface area contributed by atoms with E-state index in [-0.39, 0.29) is 5.91 Å². The molecule has 7 nitrogen and oxygen atoms in total. The normalized spacial score (nSPS) is 26.4. The Hall–Kier alpha value is -0.990. The predicted octanol–water partition coefficient (Wildman–Crippen LogP) is 2.94. The van der Waals surface area contributed by atoms with E-state index in [1.54, 1.807) is 0 Å². The van der Waals surface area contributed by atoms with Crippen LogP contribution in [0.1, 0.15) is 96.8 Å². The van der Waals surface area contributed by atoms with Crippen molar-refractivity contribution in [2.45, 2.75) is 127 Å². The number of nitrogens with one attached hydrogen (secondary N) is 1. The van der Waals surface area contributed by atoms with Gasteiger partial charge in [0.1, 0.15) is 24.4 Å². The SMILES string of the molecule is CCCCCCCC/C=C\CCCCCCCC(=O)N[C@@H]1O[C@H](CO)[C@@H](O)[C@H](O)[C@H]1O. The second kappa shape index (κ2) is 17.6. The summed E-state index contributed by atoms with van der Waals surface area (Å²) in [5, 5.41) is 41.1. The van der Waals surface area contributed by atoms with Crippen LogP contribution in [-0.2, 0) is 9.53 Å². The van der Waals surface area contributed by atoms with Gasteiger partial charge in [0.25, 0.3) is 0 Å². The van der Waals surface area contributed by atoms with Crippen molar-refractivity contribution in [1.29, 1.82) is 0 Å². The van der Waals surface area contributed by atoms with E-state index in [4.69, 9.17) is 4.74 Å². The number of ether oxygens (including phenoxy) is 1. The van der Waals surface area contributed by atoms with Crippen LogP contribution in [0, 0.1) is 0 Å². The molecule has 1 heterocycles. The summed E-state index contributed by atoms with van der Waals surface area (Å²) in [5.74, 6) is -0.276. The van der Waals surface area contributed by atoms with Gasteiger partial charge < -0.3 is 30.5 Å². The minimum absolute atomic E-state index is 0.276. The summed E-state index contributed by atoms with van der Waals surface area (Å²) in [7, 11) is 0. The standard InChI is InChI=1S/C24H45NO6/c1-2-3-4-5-6-7-8-9-10-11-12-13-14-15-16-17-20(27)25-24-23(30)22(29)21(28)19(18-26)31-24/h9-10,19,21-24,26,28-30H,2-8,11-18H2,1H3,(H,25,27)/b10-9-/t19-,21-,22+,23-,24-/m1/s1. The molecule has 31 heavy (non-hydrogen) atoms. The van der Waals surface area contributed by atoms with E-state index in [0.29, 0.717) is 6.42 Å². The maximum Gasteiger partial charge on any atom is 0.222 e. The number of rotatable bonds is 17. The average Bonchev–Trinajstić information content (AvgIpc) is 2.76. The van der Waals surface area contributed by atoms with Gasteiger partial charge in [-0.05, 0) is 32.1 Å². The molecule has 0 aliphatic carbocycles. The summed E-state index contributed by atoms with van der Waals surface area (Å²) < 4.78 is 5.28. The highest BCUT2D eigenvalue weighted by atomic mass is 16.6. The molecule has 1 aliphatic heterocycles. The number of carbonyl (C=O) groups is 1. The van der Waals surface area contributed by atoms with Crippen LogP contribution in [0.2, 0.25) is 0 Å². The van der Waals surface area contributed by atoms with Crippen LogP contribution < -0.4 is 5.32 Å². The van der Waals surface area contributed by atoms with E-state index in [2.05, 4.69) is 24.4 Å². The van der Waals surface area contributed by atoms with Crippen molar-refractivity contribution in [2.24, 2.45) is 0 Å². The lowest BCUT2D eigenvalue weighted by molar-refractivity contribution is -0.236. The number of amides is 1. The number of allylic oxidation sites excluding steroid dienone is 2. The molecule has 0 aromatic rings. The van der Waals surface area contributed by atoms with E-state index in [9.17, 15) is 25.2 Å². The van der Waals surface area contributed by atoms with Crippen LogP contribution in [0.5, 0.6) is 0 Å². The zero-order valence-electron chi connectivity index (χ0n) is 19.3. The highest BCUT2D eigenvalue weighted by Crippen LogP contribution is 2.20. The van der Waals surface area contributed by atoms with Gasteiger partial charge in [0, 0.05) is 6.42 Å². The zero-order chi connectivity index (χ0) is 22.9. The molecule has 0 aromatic heterocycles. The Balaban J connectivity index is 1.99. The largest absolute Gasteiger partial charge is 0.394 e. The summed E-state index contributed by atoms with van der Waals surface area (Å²) in [6, 6.07) is 0. The summed E-state index contributed by atoms with van der Waals surface area (Å²) in [6.45, 7) is 1.74. The van der Waals surface area contributed by atoms with Crippen LogP contribution in [0.25, 0.3) is 0 Å². The first-order chi connectivity index (χ1) is 15.0. The van der Waals surface area contributed by atoms with Gasteiger partial charge in [0.05, 0.1) is 6.61 Å². The second-order valence-corrected chi connectivity index (χ2v) is 8.65. The van der Waals surface area contributed by atoms with Crippen molar-refractivity contribution in [3.05, 3.63) is 12.2 Å². The minimum Gasteiger partial charge on any atom is -0.394 e. The first-order valence-electron chi connectivity index (χ1n) is 12.3. The van der Waals surface area contributed by atoms with Crippen molar-refractivity contribution in [2.75, 3.05) is 6.61 Å². The Morgan fingerprint density at radius 2 is 1.35 bits per heavy atom. The van der Waals surface area contributed by atoms with Gasteiger partial charge in [-0.15, -0.1) is 0 Å². The smallest absolute Gasteiger partial charge is 0.222 e. The molecule has 0 aromatic carbocycles. The lowest BCUT2D eigenvalue weighted by Crippen LogP contribution is -2.63. The number of aliphatic hydroxyl groups excluding tert-OH is 4. The molecule has 5 atom stereocenters. The Morgan fingerprint density at radius 1 is 0.806 bits per heavy atom. The summed E-state index contributed by atoms with van der Waals surface area (Å²) in [5.41, 5.74) is 0. The fourth-order valence-corrected chi connectivity index (χ4v) is 3.81. The van der Waals surface area contributed by atoms with Crippen molar-refractivity contribution >= 4 is 5.91 Å². The van der Waals surface area contributed by atoms with Crippen molar-refractivity contribution in [1.82, 2.24) is 5.32 Å². The Kier molecular flexibility index (Phi) is 15.9. The number of hydrogen-bond donors (Lipinski definition) is 5. The van der Waals surface area contributed by atoms with Gasteiger partial charge >= 0.3 is 0 Å². The van der Waals surface area contributed by atoms with E-state index in [0.717, 1.165) is 32.1 Å². The van der Waals surface area contributed by atoms with Gasteiger partial charge in [0.15, 0.2) is 6.23 Å². The van der Waals surface area contributed by atoms with E-state index < -0.39 is 37.3 Å². The molecule has 1 amide bonds. The maximum absolute atomic E-state index is 12.1. The molecule has 1 aliphatic rings. The Bertz CT molecular complexity index is 485. The quantitative estimate of drug-likeness (QED) is 0.174. The third-order valence-corrected chi connectivity index (χ3v) is 5.86. The van der Waals surface area contributed by atoms with Gasteiger partial charge in [-0.3, -0.25) is 4.79 Å². The van der Waals surface area contributed by atoms with Crippen molar-refractivity contribution in [3.8, 4) is 0 Å². The predicted molar refractivity (Wildman–Crippen MR) is 121 cm³/mol. The van der Waals surface area contributed by atoms with Crippen LogP contribution in [-0.4, -0.2) is 63.6 Å². The zero-order valence-corrected chi connectivity index (χ0v) is 19.3. The minimum atomic E-state index is -1.48. The average molecular weight is 444 g/mol. The number of carbonyl (C=O) groups excluding carboxylic acids is 1. The summed E-state index contributed by atoms with van der Waals surface area (Å²) in [4.78, 5) is 12.1. The summed E-state index contributed by atoms with van der Waals surface area (Å²) in [6.07, 6.45) is 13.9. The first kappa shape index (κ1) is 28.0. The molecule has 0 unspecified atom stereocenters. The third kappa shape index (κ3) is 12.0. The van der Waals surface area contributed by atoms with E-state index >= 15 is 0 Å². The molecule has 0 spiro atoms. The van der Waals surface area contributed by atoms with E-state index in [1.165, 1.54) is 51.4 Å². The highest BCUT2D eigenvalue weighted by Gasteiger charge is 2.43. The first-order valence-corrected chi connectivity index (χ1v) is 12.3. The highest BCUT2D eigenvalue weighted by molar-refractivity contribution is 5.76.